The summed E-state index contributed by atoms with van der Waals surface area (Å²) in [6.45, 7) is 7.59. The fraction of sp³-hybridized carbons (Fsp3) is 0.200. The standard InChI is InChI=1S/C31H28N6O2.C28H28N6O2.C26H25N5O3S/c1-36(2)25-10-3-20(4-11-25)18-33-30(38)21-5-8-24(9-6-21)35-27-13-14-28(37-16-15-32-29(27)37)22-7-12-26-23(17-22)19-34-31(26)39;35-27(30-11-15-33-13-1-2-14-33)19-3-6-22(7-4-19)32-24-9-10-25(34-16-12-29-26(24)34)20-5-8-23-21(17-20)18-31-28(23)36;32-26-22-6-1-18(13-19(22)15-29-26)24-8-7-23(25-28-11-12-31(24)25)30-20-2-4-21(5-3-20)35(33,34)16-17-9-10-27-14-17/h3-17,35H,18-19H2,1-2H3,(H,33,38)(H,34,39);3-10,12,16-17,32H,1-2,11,13-15,18H2,(H,30,35)(H,31,36);1-8,11-13,17,27,30H,9-10,14-16H2,(H,29,32). The van der Waals surface area contributed by atoms with Gasteiger partial charge in [0.2, 0.25) is 0 Å². The number of benzene rings is 7. The van der Waals surface area contributed by atoms with Crippen LogP contribution in [-0.2, 0) is 36.0 Å². The van der Waals surface area contributed by atoms with E-state index in [2.05, 4.69) is 79.8 Å². The van der Waals surface area contributed by atoms with E-state index < -0.39 is 9.84 Å². The van der Waals surface area contributed by atoms with Crippen molar-refractivity contribution in [2.45, 2.75) is 50.3 Å². The second-order valence-corrected chi connectivity index (χ2v) is 30.2. The summed E-state index contributed by atoms with van der Waals surface area (Å²) >= 11 is 0. The molecule has 2 fully saturated rings. The molecular formula is C85H81N17O7S. The first-order valence-corrected chi connectivity index (χ1v) is 38.5. The molecule has 18 rings (SSSR count). The molecule has 0 saturated carbocycles. The maximum absolute atomic E-state index is 12.8. The highest BCUT2D eigenvalue weighted by atomic mass is 32.2. The van der Waals surface area contributed by atoms with E-state index in [1.165, 1.54) is 12.8 Å². The largest absolute Gasteiger partial charge is 0.378 e. The minimum atomic E-state index is -3.31. The predicted molar refractivity (Wildman–Crippen MR) is 428 cm³/mol. The summed E-state index contributed by atoms with van der Waals surface area (Å²) in [5.41, 5.74) is 22.0. The number of carbonyl (C=O) groups is 5. The molecule has 0 bridgehead atoms. The van der Waals surface area contributed by atoms with E-state index >= 15 is 0 Å². The zero-order valence-corrected chi connectivity index (χ0v) is 61.5. The molecule has 5 amide bonds. The van der Waals surface area contributed by atoms with Crippen LogP contribution in [0, 0.1) is 5.92 Å². The Morgan fingerprint density at radius 3 is 1.33 bits per heavy atom. The van der Waals surface area contributed by atoms with Crippen molar-refractivity contribution in [1.82, 2.24) is 65.0 Å². The Kier molecular flexibility index (Phi) is 20.1. The molecule has 7 aromatic carbocycles. The average molecular weight is 1480 g/mol. The Labute approximate surface area is 635 Å². The summed E-state index contributed by atoms with van der Waals surface area (Å²) in [6.07, 6.45) is 14.5. The lowest BCUT2D eigenvalue weighted by molar-refractivity contribution is 0.0942. The molecule has 5 aliphatic rings. The van der Waals surface area contributed by atoms with Gasteiger partial charge in [-0.2, -0.15) is 0 Å². The van der Waals surface area contributed by atoms with Gasteiger partial charge in [0, 0.05) is 141 Å². The summed E-state index contributed by atoms with van der Waals surface area (Å²) in [7, 11) is 0.688. The predicted octanol–water partition coefficient (Wildman–Crippen LogP) is 12.2. The Bertz CT molecular complexity index is 5790. The number of rotatable bonds is 20. The highest BCUT2D eigenvalue weighted by Gasteiger charge is 2.27. The fourth-order valence-electron chi connectivity index (χ4n) is 14.7. The lowest BCUT2D eigenvalue weighted by Crippen LogP contribution is -2.33. The number of amides is 5. The SMILES string of the molecule is CN(C)c1ccc(CNC(=O)c2ccc(Nc3ccc(-c4ccc5c(c4)CNC5=O)n4ccnc34)cc2)cc1.O=C(NCCN1CCCC1)c1ccc(Nc2ccc(-c3ccc4c(c3)CNC4=O)n3ccnc23)cc1.O=C1NCc2cc(-c3ccc(Nc4ccc(S(=O)(=O)CC5CCNC5)cc4)c4nccn34)ccc21. The van der Waals surface area contributed by atoms with Gasteiger partial charge in [0.15, 0.2) is 26.8 Å². The molecular weight excluding hydrogens is 1400 g/mol. The molecule has 11 heterocycles. The van der Waals surface area contributed by atoms with Gasteiger partial charge < -0.3 is 57.7 Å². The van der Waals surface area contributed by atoms with E-state index in [4.69, 9.17) is 0 Å². The smallest absolute Gasteiger partial charge is 0.251 e. The first-order valence-electron chi connectivity index (χ1n) is 36.8. The van der Waals surface area contributed by atoms with E-state index in [1.807, 2.05) is 202 Å². The maximum Gasteiger partial charge on any atom is 0.251 e. The van der Waals surface area contributed by atoms with Crippen molar-refractivity contribution in [3.05, 3.63) is 275 Å². The third kappa shape index (κ3) is 15.3. The van der Waals surface area contributed by atoms with Crippen molar-refractivity contribution in [3.63, 3.8) is 0 Å². The van der Waals surface area contributed by atoms with Crippen molar-refractivity contribution >= 4 is 96.1 Å². The number of anilines is 7. The lowest BCUT2D eigenvalue weighted by Gasteiger charge is -2.15. The third-order valence-corrected chi connectivity index (χ3v) is 22.6. The van der Waals surface area contributed by atoms with Crippen LogP contribution in [0.5, 0.6) is 0 Å². The number of hydrogen-bond donors (Lipinski definition) is 9. The van der Waals surface area contributed by atoms with E-state index in [1.54, 1.807) is 42.9 Å². The number of fused-ring (bicyclic) bond motifs is 6. The Hall–Kier alpha value is -13.0. The molecule has 24 nitrogen and oxygen atoms in total. The molecule has 0 spiro atoms. The topological polar surface area (TPSA) is 286 Å². The zero-order chi connectivity index (χ0) is 75.4. The number of carbonyl (C=O) groups excluding carboxylic acids is 5. The summed E-state index contributed by atoms with van der Waals surface area (Å²) < 4.78 is 31.6. The Balaban J connectivity index is 0.000000126. The minimum Gasteiger partial charge on any atom is -0.378 e. The molecule has 2 saturated heterocycles. The van der Waals surface area contributed by atoms with Crippen LogP contribution in [0.15, 0.2) is 230 Å². The highest BCUT2D eigenvalue weighted by molar-refractivity contribution is 7.91. The van der Waals surface area contributed by atoms with Crippen LogP contribution in [-0.4, -0.2) is 130 Å². The van der Waals surface area contributed by atoms with Gasteiger partial charge in [-0.25, -0.2) is 23.4 Å². The summed E-state index contributed by atoms with van der Waals surface area (Å²) in [6, 6.07) is 59.6. The van der Waals surface area contributed by atoms with Crippen molar-refractivity contribution < 1.29 is 32.4 Å². The van der Waals surface area contributed by atoms with Crippen molar-refractivity contribution in [3.8, 4) is 33.8 Å². The minimum absolute atomic E-state index is 0.0190. The molecule has 110 heavy (non-hydrogen) atoms. The van der Waals surface area contributed by atoms with Crippen LogP contribution in [0.4, 0.5) is 39.8 Å². The second kappa shape index (κ2) is 31.1. The van der Waals surface area contributed by atoms with Crippen molar-refractivity contribution in [2.75, 3.05) is 80.0 Å². The van der Waals surface area contributed by atoms with Gasteiger partial charge in [0.25, 0.3) is 29.5 Å². The summed E-state index contributed by atoms with van der Waals surface area (Å²) in [4.78, 5) is 79.3. The first-order chi connectivity index (χ1) is 53.6. The summed E-state index contributed by atoms with van der Waals surface area (Å²) in [5, 5.41) is 28.0. The van der Waals surface area contributed by atoms with Gasteiger partial charge in [-0.05, 0) is 248 Å². The van der Waals surface area contributed by atoms with Crippen molar-refractivity contribution in [1.29, 1.82) is 0 Å². The number of nitrogens with one attached hydrogen (secondary N) is 9. The number of nitrogens with zero attached hydrogens (tertiary/aromatic N) is 8. The van der Waals surface area contributed by atoms with Crippen LogP contribution < -0.4 is 52.8 Å². The molecule has 13 aromatic rings. The van der Waals surface area contributed by atoms with Crippen LogP contribution in [0.25, 0.3) is 50.7 Å². The number of aromatic nitrogens is 6. The molecule has 0 radical (unpaired) electrons. The van der Waals surface area contributed by atoms with Crippen LogP contribution >= 0.6 is 0 Å². The van der Waals surface area contributed by atoms with Gasteiger partial charge >= 0.3 is 0 Å². The molecule has 1 unspecified atom stereocenters. The van der Waals surface area contributed by atoms with Gasteiger partial charge in [-0.15, -0.1) is 0 Å². The number of sulfone groups is 1. The normalized spacial score (nSPS) is 14.9. The molecule has 0 aliphatic carbocycles. The fourth-order valence-corrected chi connectivity index (χ4v) is 16.4. The number of hydrogen-bond acceptors (Lipinski definition) is 16. The summed E-state index contributed by atoms with van der Waals surface area (Å²) in [5.74, 6) is 0.101. The van der Waals surface area contributed by atoms with Gasteiger partial charge in [0.1, 0.15) is 0 Å². The van der Waals surface area contributed by atoms with Gasteiger partial charge in [0.05, 0.1) is 44.8 Å². The lowest BCUT2D eigenvalue weighted by atomic mass is 10.0. The second-order valence-electron chi connectivity index (χ2n) is 28.2. The van der Waals surface area contributed by atoms with E-state index in [0.29, 0.717) is 48.7 Å². The first kappa shape index (κ1) is 71.3. The molecule has 554 valence electrons. The molecule has 6 aromatic heterocycles. The van der Waals surface area contributed by atoms with Crippen LogP contribution in [0.1, 0.15) is 93.3 Å². The number of pyridine rings is 3. The number of likely N-dealkylation sites (tertiary alicyclic amines) is 1. The van der Waals surface area contributed by atoms with E-state index in [-0.39, 0.29) is 41.2 Å². The Morgan fingerprint density at radius 1 is 0.500 bits per heavy atom. The monoisotopic (exact) mass is 1480 g/mol. The van der Waals surface area contributed by atoms with Crippen LogP contribution in [0.2, 0.25) is 0 Å². The van der Waals surface area contributed by atoms with Crippen molar-refractivity contribution in [2.24, 2.45) is 5.92 Å². The zero-order valence-electron chi connectivity index (χ0n) is 60.7. The Morgan fingerprint density at radius 2 is 0.918 bits per heavy atom. The van der Waals surface area contributed by atoms with Gasteiger partial charge in [-0.3, -0.25) is 37.2 Å². The van der Waals surface area contributed by atoms with Crippen LogP contribution in [0.3, 0.4) is 0 Å². The van der Waals surface area contributed by atoms with Gasteiger partial charge in [-0.1, -0.05) is 30.3 Å². The van der Waals surface area contributed by atoms with E-state index in [9.17, 15) is 32.4 Å². The third-order valence-electron chi connectivity index (χ3n) is 20.7. The molecule has 9 N–H and O–H groups in total. The van der Waals surface area contributed by atoms with E-state index in [0.717, 1.165) is 169 Å². The molecule has 5 aliphatic heterocycles. The quantitative estimate of drug-likeness (QED) is 0.0343. The number of imidazole rings is 3. The average Bonchev–Trinajstić information content (AvgIpc) is 1.63. The molecule has 1 atom stereocenters. The molecule has 25 heteroatoms. The maximum atomic E-state index is 12.8. The highest BCUT2D eigenvalue weighted by Crippen LogP contribution is 2.35.